The minimum Gasteiger partial charge on any atom is -0.310 e. The fraction of sp³-hybridized carbons (Fsp3) is 0.733. The number of hydrogen-bond donors (Lipinski definition) is 1. The van der Waals surface area contributed by atoms with Gasteiger partial charge in [-0.2, -0.15) is 0 Å². The Labute approximate surface area is 121 Å². The maximum atomic E-state index is 3.48. The van der Waals surface area contributed by atoms with Gasteiger partial charge >= 0.3 is 0 Å². The van der Waals surface area contributed by atoms with Crippen molar-refractivity contribution in [1.82, 2.24) is 15.1 Å². The summed E-state index contributed by atoms with van der Waals surface area (Å²) >= 11 is 1.96. The molecule has 4 heteroatoms. The maximum absolute atomic E-state index is 3.48. The van der Waals surface area contributed by atoms with Crippen molar-refractivity contribution in [2.24, 2.45) is 0 Å². The van der Waals surface area contributed by atoms with Crippen LogP contribution in [0.15, 0.2) is 12.1 Å². The molecule has 108 valence electrons. The molecule has 0 aromatic carbocycles. The van der Waals surface area contributed by atoms with Crippen LogP contribution in [-0.2, 0) is 13.1 Å². The largest absolute Gasteiger partial charge is 0.310 e. The van der Waals surface area contributed by atoms with Gasteiger partial charge in [0, 0.05) is 55.1 Å². The van der Waals surface area contributed by atoms with E-state index in [-0.39, 0.29) is 0 Å². The van der Waals surface area contributed by atoms with Crippen LogP contribution >= 0.6 is 11.3 Å². The summed E-state index contributed by atoms with van der Waals surface area (Å²) in [5, 5.41) is 3.48. The Morgan fingerprint density at radius 3 is 2.37 bits per heavy atom. The minimum absolute atomic E-state index is 0.563. The molecule has 0 unspecified atom stereocenters. The molecule has 0 amide bonds. The molecule has 0 atom stereocenters. The van der Waals surface area contributed by atoms with Crippen molar-refractivity contribution in [3.63, 3.8) is 0 Å². The van der Waals surface area contributed by atoms with E-state index in [0.717, 1.165) is 13.1 Å². The summed E-state index contributed by atoms with van der Waals surface area (Å²) in [6, 6.07) is 5.14. The third-order valence-corrected chi connectivity index (χ3v) is 4.76. The zero-order valence-electron chi connectivity index (χ0n) is 12.5. The lowest BCUT2D eigenvalue weighted by Crippen LogP contribution is -2.45. The molecule has 2 heterocycles. The van der Waals surface area contributed by atoms with Crippen LogP contribution in [0.5, 0.6) is 0 Å². The van der Waals surface area contributed by atoms with Gasteiger partial charge in [-0.25, -0.2) is 0 Å². The normalized spacial score (nSPS) is 18.3. The van der Waals surface area contributed by atoms with E-state index >= 15 is 0 Å². The van der Waals surface area contributed by atoms with Crippen molar-refractivity contribution in [1.29, 1.82) is 0 Å². The Morgan fingerprint density at radius 2 is 1.74 bits per heavy atom. The average molecular weight is 281 g/mol. The summed E-state index contributed by atoms with van der Waals surface area (Å²) in [7, 11) is 0. The van der Waals surface area contributed by atoms with Gasteiger partial charge in [-0.15, -0.1) is 11.3 Å². The van der Waals surface area contributed by atoms with E-state index in [0.29, 0.717) is 6.04 Å². The second kappa shape index (κ2) is 7.39. The van der Waals surface area contributed by atoms with Gasteiger partial charge in [-0.3, -0.25) is 4.90 Å². The number of likely N-dealkylation sites (N-methyl/N-ethyl adjacent to an activating group) is 1. The molecular formula is C15H27N3S. The van der Waals surface area contributed by atoms with E-state index in [2.05, 4.69) is 48.0 Å². The molecule has 19 heavy (non-hydrogen) atoms. The summed E-state index contributed by atoms with van der Waals surface area (Å²) in [4.78, 5) is 8.07. The molecule has 0 bridgehead atoms. The molecule has 0 aliphatic carbocycles. The van der Waals surface area contributed by atoms with Crippen molar-refractivity contribution >= 4 is 11.3 Å². The van der Waals surface area contributed by atoms with E-state index in [1.54, 1.807) is 0 Å². The molecule has 1 aromatic rings. The fourth-order valence-electron chi connectivity index (χ4n) is 2.39. The first-order valence-electron chi connectivity index (χ1n) is 7.43. The molecular weight excluding hydrogens is 254 g/mol. The van der Waals surface area contributed by atoms with Crippen molar-refractivity contribution in [2.75, 3.05) is 32.7 Å². The van der Waals surface area contributed by atoms with E-state index < -0.39 is 0 Å². The average Bonchev–Trinajstić information content (AvgIpc) is 2.85. The van der Waals surface area contributed by atoms with Gasteiger partial charge in [0.2, 0.25) is 0 Å². The Morgan fingerprint density at radius 1 is 1.11 bits per heavy atom. The first-order valence-corrected chi connectivity index (χ1v) is 8.24. The molecule has 0 spiro atoms. The second-order valence-electron chi connectivity index (χ2n) is 5.61. The highest BCUT2D eigenvalue weighted by Gasteiger charge is 2.16. The van der Waals surface area contributed by atoms with Gasteiger partial charge in [0.15, 0.2) is 0 Å². The van der Waals surface area contributed by atoms with Crippen LogP contribution in [0, 0.1) is 0 Å². The maximum Gasteiger partial charge on any atom is 0.0329 e. The van der Waals surface area contributed by atoms with Crippen molar-refractivity contribution in [3.05, 3.63) is 21.9 Å². The Kier molecular flexibility index (Phi) is 5.82. The predicted molar refractivity (Wildman–Crippen MR) is 83.7 cm³/mol. The molecule has 1 fully saturated rings. The summed E-state index contributed by atoms with van der Waals surface area (Å²) in [5.74, 6) is 0. The highest BCUT2D eigenvalue weighted by Crippen LogP contribution is 2.19. The Hall–Kier alpha value is -0.420. The van der Waals surface area contributed by atoms with Crippen molar-refractivity contribution < 1.29 is 0 Å². The standard InChI is InChI=1S/C15H27N3S/c1-4-17-7-9-18(10-8-17)12-15-6-5-14(19-15)11-16-13(2)3/h5-6,13,16H,4,7-12H2,1-3H3. The van der Waals surface area contributed by atoms with Crippen LogP contribution in [0.1, 0.15) is 30.5 Å². The van der Waals surface area contributed by atoms with E-state index in [9.17, 15) is 0 Å². The van der Waals surface area contributed by atoms with Gasteiger partial charge in [-0.1, -0.05) is 20.8 Å². The Bertz CT molecular complexity index is 367. The molecule has 1 saturated heterocycles. The quantitative estimate of drug-likeness (QED) is 0.864. The lowest BCUT2D eigenvalue weighted by Gasteiger charge is -2.33. The molecule has 0 saturated carbocycles. The van der Waals surface area contributed by atoms with Crippen molar-refractivity contribution in [2.45, 2.75) is 39.9 Å². The fourth-order valence-corrected chi connectivity index (χ4v) is 3.40. The Balaban J connectivity index is 1.77. The first kappa shape index (κ1) is 15.0. The first-order chi connectivity index (χ1) is 9.17. The SMILES string of the molecule is CCN1CCN(Cc2ccc(CNC(C)C)s2)CC1. The van der Waals surface area contributed by atoms with Crippen LogP contribution in [0.3, 0.4) is 0 Å². The number of piperazine rings is 1. The van der Waals surface area contributed by atoms with Gasteiger partial charge in [0.25, 0.3) is 0 Å². The molecule has 1 N–H and O–H groups in total. The predicted octanol–water partition coefficient (Wildman–Crippen LogP) is 2.38. The highest BCUT2D eigenvalue weighted by molar-refractivity contribution is 7.11. The molecule has 0 radical (unpaired) electrons. The van der Waals surface area contributed by atoms with Gasteiger partial charge in [0.05, 0.1) is 0 Å². The lowest BCUT2D eigenvalue weighted by atomic mass is 10.3. The molecule has 1 aromatic heterocycles. The van der Waals surface area contributed by atoms with Crippen LogP contribution in [0.25, 0.3) is 0 Å². The van der Waals surface area contributed by atoms with Gasteiger partial charge in [0.1, 0.15) is 0 Å². The zero-order valence-corrected chi connectivity index (χ0v) is 13.3. The molecule has 1 aliphatic heterocycles. The highest BCUT2D eigenvalue weighted by atomic mass is 32.1. The van der Waals surface area contributed by atoms with Crippen LogP contribution in [0.4, 0.5) is 0 Å². The monoisotopic (exact) mass is 281 g/mol. The topological polar surface area (TPSA) is 18.5 Å². The van der Waals surface area contributed by atoms with E-state index in [1.807, 2.05) is 11.3 Å². The smallest absolute Gasteiger partial charge is 0.0329 e. The second-order valence-corrected chi connectivity index (χ2v) is 6.87. The minimum atomic E-state index is 0.563. The number of nitrogens with zero attached hydrogens (tertiary/aromatic N) is 2. The lowest BCUT2D eigenvalue weighted by molar-refractivity contribution is 0.133. The summed E-state index contributed by atoms with van der Waals surface area (Å²) in [6.07, 6.45) is 0. The number of hydrogen-bond acceptors (Lipinski definition) is 4. The summed E-state index contributed by atoms with van der Waals surface area (Å²) < 4.78 is 0. The molecule has 1 aliphatic rings. The molecule has 2 rings (SSSR count). The summed E-state index contributed by atoms with van der Waals surface area (Å²) in [5.41, 5.74) is 0. The van der Waals surface area contributed by atoms with Gasteiger partial charge < -0.3 is 10.2 Å². The molecule has 3 nitrogen and oxygen atoms in total. The number of thiophene rings is 1. The van der Waals surface area contributed by atoms with Crippen molar-refractivity contribution in [3.8, 4) is 0 Å². The van der Waals surface area contributed by atoms with E-state index in [1.165, 1.54) is 42.5 Å². The number of nitrogens with one attached hydrogen (secondary N) is 1. The zero-order chi connectivity index (χ0) is 13.7. The third kappa shape index (κ3) is 4.88. The summed E-state index contributed by atoms with van der Waals surface area (Å²) in [6.45, 7) is 14.9. The van der Waals surface area contributed by atoms with Crippen LogP contribution < -0.4 is 5.32 Å². The van der Waals surface area contributed by atoms with Gasteiger partial charge in [-0.05, 0) is 18.7 Å². The van der Waals surface area contributed by atoms with Crippen LogP contribution in [-0.4, -0.2) is 48.6 Å². The van der Waals surface area contributed by atoms with Crippen LogP contribution in [0.2, 0.25) is 0 Å². The number of rotatable bonds is 6. The van der Waals surface area contributed by atoms with E-state index in [4.69, 9.17) is 0 Å². The third-order valence-electron chi connectivity index (χ3n) is 3.69.